The zero-order valence-electron chi connectivity index (χ0n) is 18.1. The van der Waals surface area contributed by atoms with Crippen LogP contribution in [0.25, 0.3) is 0 Å². The summed E-state index contributed by atoms with van der Waals surface area (Å²) in [6, 6.07) is 23.0. The first-order chi connectivity index (χ1) is 15.4. The molecule has 2 N–H and O–H groups in total. The minimum atomic E-state index is -3.72. The largest absolute Gasteiger partial charge is 0.497 e. The van der Waals surface area contributed by atoms with Crippen LogP contribution in [-0.4, -0.2) is 41.6 Å². The number of rotatable bonds is 10. The first-order valence-corrected chi connectivity index (χ1v) is 11.6. The Morgan fingerprint density at radius 1 is 0.969 bits per heavy atom. The van der Waals surface area contributed by atoms with E-state index in [-0.39, 0.29) is 17.3 Å². The summed E-state index contributed by atoms with van der Waals surface area (Å²) in [5.41, 5.74) is 2.22. The molecule has 7 nitrogen and oxygen atoms in total. The Morgan fingerprint density at radius 3 is 2.38 bits per heavy atom. The molecule has 3 aromatic rings. The smallest absolute Gasteiger partial charge is 0.264 e. The second-order valence-electron chi connectivity index (χ2n) is 7.14. The summed E-state index contributed by atoms with van der Waals surface area (Å²) in [4.78, 5) is 12.3. The highest BCUT2D eigenvalue weighted by molar-refractivity contribution is 7.92. The van der Waals surface area contributed by atoms with Gasteiger partial charge in [0, 0.05) is 19.3 Å². The normalized spacial score (nSPS) is 10.9. The molecule has 0 unspecified atom stereocenters. The molecule has 168 valence electrons. The topological polar surface area (TPSA) is 87.7 Å². The summed E-state index contributed by atoms with van der Waals surface area (Å²) < 4.78 is 32.3. The van der Waals surface area contributed by atoms with Crippen LogP contribution in [0.2, 0.25) is 0 Å². The lowest BCUT2D eigenvalue weighted by molar-refractivity contribution is -0.119. The molecule has 0 aliphatic rings. The second-order valence-corrected chi connectivity index (χ2v) is 9.11. The lowest BCUT2D eigenvalue weighted by atomic mass is 10.1. The van der Waals surface area contributed by atoms with Crippen molar-refractivity contribution in [2.24, 2.45) is 0 Å². The van der Waals surface area contributed by atoms with Crippen LogP contribution in [0.5, 0.6) is 5.75 Å². The van der Waals surface area contributed by atoms with Crippen LogP contribution in [0.4, 0.5) is 11.4 Å². The molecular formula is C24H27N3O4S. The van der Waals surface area contributed by atoms with E-state index in [1.807, 2.05) is 30.3 Å². The third-order valence-corrected chi connectivity index (χ3v) is 6.74. The van der Waals surface area contributed by atoms with Crippen LogP contribution in [0.15, 0.2) is 83.8 Å². The molecule has 1 amide bonds. The van der Waals surface area contributed by atoms with Gasteiger partial charge in [-0.15, -0.1) is 0 Å². The number of benzene rings is 3. The molecule has 0 bridgehead atoms. The predicted molar refractivity (Wildman–Crippen MR) is 127 cm³/mol. The van der Waals surface area contributed by atoms with E-state index in [0.29, 0.717) is 24.3 Å². The molecule has 0 radical (unpaired) electrons. The molecule has 0 heterocycles. The van der Waals surface area contributed by atoms with Gasteiger partial charge in [0.1, 0.15) is 5.75 Å². The second kappa shape index (κ2) is 10.7. The molecule has 0 saturated heterocycles. The summed E-state index contributed by atoms with van der Waals surface area (Å²) in [6.07, 6.45) is 0.704. The maximum absolute atomic E-state index is 13.0. The van der Waals surface area contributed by atoms with Gasteiger partial charge in [-0.3, -0.25) is 9.10 Å². The number of sulfonamides is 1. The highest BCUT2D eigenvalue weighted by Crippen LogP contribution is 2.23. The number of hydrogen-bond donors (Lipinski definition) is 2. The van der Waals surface area contributed by atoms with Crippen molar-refractivity contribution in [2.75, 3.05) is 36.9 Å². The minimum Gasteiger partial charge on any atom is -0.497 e. The zero-order valence-corrected chi connectivity index (χ0v) is 18.9. The van der Waals surface area contributed by atoms with Gasteiger partial charge in [-0.25, -0.2) is 8.42 Å². The number of nitrogens with zero attached hydrogens (tertiary/aromatic N) is 1. The van der Waals surface area contributed by atoms with Gasteiger partial charge in [-0.2, -0.15) is 0 Å². The van der Waals surface area contributed by atoms with Crippen LogP contribution < -0.4 is 19.7 Å². The van der Waals surface area contributed by atoms with E-state index in [2.05, 4.69) is 10.6 Å². The van der Waals surface area contributed by atoms with E-state index in [0.717, 1.165) is 11.3 Å². The number of carbonyl (C=O) groups is 1. The standard InChI is InChI=1S/C24H27N3O4S/c1-27(21-8-4-3-5-9-21)32(29,30)23-10-6-7-20(17-23)26-18-24(28)25-16-15-19-11-13-22(31-2)14-12-19/h3-14,17,26H,15-16,18H2,1-2H3,(H,25,28). The van der Waals surface area contributed by atoms with E-state index < -0.39 is 10.0 Å². The first kappa shape index (κ1) is 23.1. The van der Waals surface area contributed by atoms with Crippen LogP contribution in [0, 0.1) is 0 Å². The van der Waals surface area contributed by atoms with Gasteiger partial charge in [0.2, 0.25) is 5.91 Å². The molecule has 0 atom stereocenters. The lowest BCUT2D eigenvalue weighted by Crippen LogP contribution is -2.31. The number of nitrogens with one attached hydrogen (secondary N) is 2. The van der Waals surface area contributed by atoms with Gasteiger partial charge in [0.05, 0.1) is 24.2 Å². The quantitative estimate of drug-likeness (QED) is 0.492. The van der Waals surface area contributed by atoms with Crippen LogP contribution in [-0.2, 0) is 21.2 Å². The molecule has 3 rings (SSSR count). The Labute approximate surface area is 189 Å². The fourth-order valence-electron chi connectivity index (χ4n) is 3.08. The van der Waals surface area contributed by atoms with Crippen molar-refractivity contribution in [3.05, 3.63) is 84.4 Å². The molecule has 0 fully saturated rings. The SMILES string of the molecule is COc1ccc(CCNC(=O)CNc2cccc(S(=O)(=O)N(C)c3ccccc3)c2)cc1. The highest BCUT2D eigenvalue weighted by atomic mass is 32.2. The molecule has 8 heteroatoms. The van der Waals surface area contributed by atoms with Gasteiger partial charge in [-0.1, -0.05) is 36.4 Å². The first-order valence-electron chi connectivity index (χ1n) is 10.2. The van der Waals surface area contributed by atoms with Gasteiger partial charge in [-0.05, 0) is 54.4 Å². The number of para-hydroxylation sites is 1. The number of carbonyl (C=O) groups excluding carboxylic acids is 1. The van der Waals surface area contributed by atoms with Crippen molar-refractivity contribution in [2.45, 2.75) is 11.3 Å². The lowest BCUT2D eigenvalue weighted by Gasteiger charge is -2.20. The monoisotopic (exact) mass is 453 g/mol. The number of ether oxygens (including phenoxy) is 1. The Hall–Kier alpha value is -3.52. The molecule has 0 aromatic heterocycles. The van der Waals surface area contributed by atoms with E-state index in [1.165, 1.54) is 23.5 Å². The predicted octanol–water partition coefficient (Wildman–Crippen LogP) is 3.29. The van der Waals surface area contributed by atoms with Gasteiger partial charge in [0.25, 0.3) is 10.0 Å². The summed E-state index contributed by atoms with van der Waals surface area (Å²) >= 11 is 0. The third kappa shape index (κ3) is 6.01. The third-order valence-electron chi connectivity index (χ3n) is 4.96. The van der Waals surface area contributed by atoms with Crippen LogP contribution in [0.3, 0.4) is 0 Å². The molecule has 0 aliphatic heterocycles. The summed E-state index contributed by atoms with van der Waals surface area (Å²) in [7, 11) is -0.584. The van der Waals surface area contributed by atoms with Crippen molar-refractivity contribution < 1.29 is 17.9 Å². The molecule has 0 aliphatic carbocycles. The Balaban J connectivity index is 1.53. The van der Waals surface area contributed by atoms with Crippen LogP contribution >= 0.6 is 0 Å². The zero-order chi connectivity index (χ0) is 23.0. The Morgan fingerprint density at radius 2 is 1.69 bits per heavy atom. The summed E-state index contributed by atoms with van der Waals surface area (Å²) in [5.74, 6) is 0.620. The number of anilines is 2. The van der Waals surface area contributed by atoms with E-state index in [4.69, 9.17) is 4.74 Å². The molecule has 0 spiro atoms. The molecule has 32 heavy (non-hydrogen) atoms. The Kier molecular flexibility index (Phi) is 7.72. The average Bonchev–Trinajstić information content (AvgIpc) is 2.83. The van der Waals surface area contributed by atoms with Crippen molar-refractivity contribution >= 4 is 27.3 Å². The highest BCUT2D eigenvalue weighted by Gasteiger charge is 2.21. The molecule has 0 saturated carbocycles. The fraction of sp³-hybridized carbons (Fsp3) is 0.208. The van der Waals surface area contributed by atoms with Crippen molar-refractivity contribution in [3.63, 3.8) is 0 Å². The fourth-order valence-corrected chi connectivity index (χ4v) is 4.33. The molecular weight excluding hydrogens is 426 g/mol. The van der Waals surface area contributed by atoms with Crippen molar-refractivity contribution in [1.29, 1.82) is 0 Å². The average molecular weight is 454 g/mol. The maximum atomic E-state index is 13.0. The van der Waals surface area contributed by atoms with E-state index >= 15 is 0 Å². The van der Waals surface area contributed by atoms with E-state index in [9.17, 15) is 13.2 Å². The van der Waals surface area contributed by atoms with Crippen molar-refractivity contribution in [3.8, 4) is 5.75 Å². The number of methoxy groups -OCH3 is 1. The number of hydrogen-bond acceptors (Lipinski definition) is 5. The maximum Gasteiger partial charge on any atom is 0.264 e. The number of amides is 1. The van der Waals surface area contributed by atoms with Crippen molar-refractivity contribution in [1.82, 2.24) is 5.32 Å². The minimum absolute atomic E-state index is 0.0423. The summed E-state index contributed by atoms with van der Waals surface area (Å²) in [5, 5.41) is 5.84. The van der Waals surface area contributed by atoms with Gasteiger partial charge in [0.15, 0.2) is 0 Å². The van der Waals surface area contributed by atoms with Crippen LogP contribution in [0.1, 0.15) is 5.56 Å². The summed E-state index contributed by atoms with van der Waals surface area (Å²) in [6.45, 7) is 0.545. The van der Waals surface area contributed by atoms with E-state index in [1.54, 1.807) is 43.5 Å². The van der Waals surface area contributed by atoms with Gasteiger partial charge < -0.3 is 15.4 Å². The Bertz CT molecular complexity index is 1130. The van der Waals surface area contributed by atoms with Gasteiger partial charge >= 0.3 is 0 Å². The molecule has 3 aromatic carbocycles.